The second-order valence-electron chi connectivity index (χ2n) is 15.5. The monoisotopic (exact) mass is 850 g/mol. The SMILES string of the molecule is CC1(C)CCC(CN2CCN(c3cc(S(=O)(=O)NC(=O)c4ccccc4)c(Oc4cccc5[nH]ccc45)c([N+](=O)[O-])c3NCC(F)(F)F)CC2)=C(c2ccc(Cl)cc2)C1. The molecule has 1 aliphatic carbocycles. The molecule has 0 radical (unpaired) electrons. The van der Waals surface area contributed by atoms with Gasteiger partial charge in [0.15, 0.2) is 0 Å². The van der Waals surface area contributed by atoms with Gasteiger partial charge in [0.1, 0.15) is 22.9 Å². The third-order valence-corrected chi connectivity index (χ3v) is 12.3. The lowest BCUT2D eigenvalue weighted by atomic mass is 9.72. The van der Waals surface area contributed by atoms with E-state index < -0.39 is 55.6 Å². The van der Waals surface area contributed by atoms with Crippen LogP contribution in [0.15, 0.2) is 102 Å². The van der Waals surface area contributed by atoms with Crippen LogP contribution >= 0.6 is 11.6 Å². The number of alkyl halides is 3. The van der Waals surface area contributed by atoms with E-state index in [1.54, 1.807) is 35.4 Å². The number of sulfonamides is 1. The molecule has 5 aromatic rings. The summed E-state index contributed by atoms with van der Waals surface area (Å²) in [5.41, 5.74) is 2.44. The van der Waals surface area contributed by atoms with Crippen LogP contribution in [0.1, 0.15) is 49.0 Å². The highest BCUT2D eigenvalue weighted by molar-refractivity contribution is 7.90. The minimum absolute atomic E-state index is 0.0131. The Balaban J connectivity index is 1.29. The van der Waals surface area contributed by atoms with Crippen molar-refractivity contribution in [2.75, 3.05) is 49.5 Å². The van der Waals surface area contributed by atoms with E-state index in [2.05, 4.69) is 29.0 Å². The minimum atomic E-state index is -4.99. The Kier molecular flexibility index (Phi) is 11.7. The third-order valence-electron chi connectivity index (χ3n) is 10.7. The molecular formula is C42H42ClF3N6O6S. The van der Waals surface area contributed by atoms with Crippen LogP contribution in [0, 0.1) is 15.5 Å². The number of anilines is 2. The zero-order chi connectivity index (χ0) is 42.1. The van der Waals surface area contributed by atoms with Crippen molar-refractivity contribution >= 4 is 61.1 Å². The molecule has 0 spiro atoms. The van der Waals surface area contributed by atoms with Crippen LogP contribution in [-0.4, -0.2) is 74.6 Å². The fraction of sp³-hybridized carbons (Fsp3) is 0.310. The summed E-state index contributed by atoms with van der Waals surface area (Å²) in [7, 11) is -4.99. The molecule has 0 atom stereocenters. The first kappa shape index (κ1) is 41.6. The maximum atomic E-state index is 14.3. The Hall–Kier alpha value is -5.58. The van der Waals surface area contributed by atoms with E-state index in [9.17, 15) is 36.5 Å². The van der Waals surface area contributed by atoms with Crippen LogP contribution in [0.2, 0.25) is 5.02 Å². The Morgan fingerprint density at radius 1 is 1.00 bits per heavy atom. The summed E-state index contributed by atoms with van der Waals surface area (Å²) in [6, 6.07) is 22.5. The van der Waals surface area contributed by atoms with E-state index in [0.29, 0.717) is 35.6 Å². The zero-order valence-corrected chi connectivity index (χ0v) is 33.8. The van der Waals surface area contributed by atoms with Gasteiger partial charge in [0.05, 0.1) is 10.6 Å². The largest absolute Gasteiger partial charge is 0.448 e. The number of amides is 1. The molecule has 3 N–H and O–H groups in total. The number of carbonyl (C=O) groups is 1. The number of ether oxygens (including phenoxy) is 1. The Bertz CT molecular complexity index is 2520. The van der Waals surface area contributed by atoms with Crippen LogP contribution in [0.25, 0.3) is 16.5 Å². The first-order valence-corrected chi connectivity index (χ1v) is 20.8. The van der Waals surface area contributed by atoms with Gasteiger partial charge in [0.2, 0.25) is 5.75 Å². The summed E-state index contributed by atoms with van der Waals surface area (Å²) < 4.78 is 78.2. The number of benzene rings is 4. The van der Waals surface area contributed by atoms with Crippen molar-refractivity contribution in [2.24, 2.45) is 5.41 Å². The number of nitro benzene ring substituents is 1. The number of carbonyl (C=O) groups excluding carboxylic acids is 1. The summed E-state index contributed by atoms with van der Waals surface area (Å²) in [6.07, 6.45) is -0.501. The molecule has 1 amide bonds. The Morgan fingerprint density at radius 3 is 2.39 bits per heavy atom. The first-order chi connectivity index (χ1) is 28.0. The van der Waals surface area contributed by atoms with E-state index in [-0.39, 0.29) is 35.5 Å². The average molecular weight is 851 g/mol. The molecule has 0 bridgehead atoms. The van der Waals surface area contributed by atoms with Gasteiger partial charge in [-0.25, -0.2) is 13.1 Å². The molecule has 2 heterocycles. The zero-order valence-electron chi connectivity index (χ0n) is 32.2. The summed E-state index contributed by atoms with van der Waals surface area (Å²) >= 11 is 6.20. The molecule has 7 rings (SSSR count). The first-order valence-electron chi connectivity index (χ1n) is 18.9. The summed E-state index contributed by atoms with van der Waals surface area (Å²) in [4.78, 5) is 31.4. The van der Waals surface area contributed by atoms with Crippen LogP contribution in [-0.2, 0) is 10.0 Å². The summed E-state index contributed by atoms with van der Waals surface area (Å²) in [5, 5.41) is 16.4. The predicted octanol–water partition coefficient (Wildman–Crippen LogP) is 9.40. The highest BCUT2D eigenvalue weighted by Gasteiger charge is 2.39. The van der Waals surface area contributed by atoms with Gasteiger partial charge in [-0.15, -0.1) is 0 Å². The second kappa shape index (κ2) is 16.6. The molecule has 310 valence electrons. The highest BCUT2D eigenvalue weighted by atomic mass is 35.5. The molecule has 1 fully saturated rings. The number of nitrogens with one attached hydrogen (secondary N) is 3. The molecule has 1 aromatic heterocycles. The maximum absolute atomic E-state index is 14.3. The predicted molar refractivity (Wildman–Crippen MR) is 222 cm³/mol. The number of fused-ring (bicyclic) bond motifs is 1. The molecular weight excluding hydrogens is 809 g/mol. The number of hydrogen-bond donors (Lipinski definition) is 3. The minimum Gasteiger partial charge on any atom is -0.448 e. The number of aromatic amines is 1. The van der Waals surface area contributed by atoms with Crippen molar-refractivity contribution < 1.29 is 36.0 Å². The average Bonchev–Trinajstić information content (AvgIpc) is 3.68. The number of nitrogens with zero attached hydrogens (tertiary/aromatic N) is 3. The van der Waals surface area contributed by atoms with Crippen LogP contribution in [0.4, 0.5) is 30.2 Å². The van der Waals surface area contributed by atoms with Gasteiger partial charge in [-0.2, -0.15) is 13.2 Å². The molecule has 59 heavy (non-hydrogen) atoms. The number of halogens is 4. The third kappa shape index (κ3) is 9.50. The topological polar surface area (TPSA) is 150 Å². The van der Waals surface area contributed by atoms with Gasteiger partial charge in [0.25, 0.3) is 15.9 Å². The summed E-state index contributed by atoms with van der Waals surface area (Å²) in [6.45, 7) is 4.63. The number of hydrogen-bond acceptors (Lipinski definition) is 9. The van der Waals surface area contributed by atoms with Crippen LogP contribution in [0.5, 0.6) is 11.5 Å². The fourth-order valence-corrected chi connectivity index (χ4v) is 8.91. The Morgan fingerprint density at radius 2 is 1.71 bits per heavy atom. The molecule has 1 aliphatic heterocycles. The molecule has 2 aliphatic rings. The molecule has 12 nitrogen and oxygen atoms in total. The van der Waals surface area contributed by atoms with Crippen molar-refractivity contribution in [3.63, 3.8) is 0 Å². The molecule has 17 heteroatoms. The van der Waals surface area contributed by atoms with Crippen molar-refractivity contribution in [3.8, 4) is 11.5 Å². The van der Waals surface area contributed by atoms with Crippen molar-refractivity contribution in [1.29, 1.82) is 0 Å². The molecule has 1 saturated heterocycles. The van der Waals surface area contributed by atoms with E-state index in [1.807, 2.05) is 29.0 Å². The number of H-pyrrole nitrogens is 1. The number of piperazine rings is 1. The maximum Gasteiger partial charge on any atom is 0.405 e. The van der Waals surface area contributed by atoms with Gasteiger partial charge in [-0.3, -0.25) is 19.8 Å². The summed E-state index contributed by atoms with van der Waals surface area (Å²) in [5.74, 6) is -1.91. The van der Waals surface area contributed by atoms with E-state index >= 15 is 0 Å². The lowest BCUT2D eigenvalue weighted by Crippen LogP contribution is -2.47. The van der Waals surface area contributed by atoms with Gasteiger partial charge in [-0.1, -0.05) is 67.4 Å². The van der Waals surface area contributed by atoms with Crippen LogP contribution in [0.3, 0.4) is 0 Å². The number of nitro groups is 1. The normalized spacial score (nSPS) is 16.3. The molecule has 0 unspecified atom stereocenters. The van der Waals surface area contributed by atoms with Crippen LogP contribution < -0.4 is 19.7 Å². The lowest BCUT2D eigenvalue weighted by molar-refractivity contribution is -0.384. The Labute approximate surface area is 344 Å². The second-order valence-corrected chi connectivity index (χ2v) is 17.6. The van der Waals surface area contributed by atoms with Crippen molar-refractivity contribution in [1.82, 2.24) is 14.6 Å². The number of aromatic nitrogens is 1. The van der Waals surface area contributed by atoms with Crippen molar-refractivity contribution in [2.45, 2.75) is 44.2 Å². The standard InChI is InChI=1S/C42H42ClF3N6O6S/c1-41(2)17-15-29(32(24-41)27-11-13-30(43)14-12-27)25-50-19-21-51(22-20-50)34-23-36(59(56,57)49-40(53)28-7-4-3-5-8-28)39(38(52(54)55)37(34)48-26-42(44,45)46)58-35-10-6-9-33-31(35)16-18-47-33/h3-14,16,18,23,47-48H,15,17,19-22,24-26H2,1-2H3,(H,49,53). The van der Waals surface area contributed by atoms with E-state index in [4.69, 9.17) is 16.3 Å². The van der Waals surface area contributed by atoms with E-state index in [1.165, 1.54) is 41.5 Å². The lowest BCUT2D eigenvalue weighted by Gasteiger charge is -2.40. The van der Waals surface area contributed by atoms with Crippen molar-refractivity contribution in [3.05, 3.63) is 123 Å². The quantitative estimate of drug-likeness (QED) is 0.0825. The smallest absolute Gasteiger partial charge is 0.405 e. The van der Waals surface area contributed by atoms with Gasteiger partial charge in [-0.05, 0) is 84.3 Å². The van der Waals surface area contributed by atoms with Gasteiger partial charge in [0, 0.05) is 60.4 Å². The van der Waals surface area contributed by atoms with Gasteiger partial charge >= 0.3 is 11.9 Å². The highest BCUT2D eigenvalue weighted by Crippen LogP contribution is 2.50. The van der Waals surface area contributed by atoms with E-state index in [0.717, 1.165) is 30.9 Å². The molecule has 4 aromatic carbocycles. The number of rotatable bonds is 12. The van der Waals surface area contributed by atoms with Gasteiger partial charge < -0.3 is 19.9 Å². The molecule has 0 saturated carbocycles. The fourth-order valence-electron chi connectivity index (χ4n) is 7.66. The number of allylic oxidation sites excluding steroid dienone is 1.